The lowest BCUT2D eigenvalue weighted by molar-refractivity contribution is 1.61. The molecule has 0 amide bonds. The molecule has 0 aliphatic heterocycles. The summed E-state index contributed by atoms with van der Waals surface area (Å²) < 4.78 is 0. The van der Waals surface area contributed by atoms with Crippen LogP contribution in [0.2, 0.25) is 0 Å². The normalized spacial score (nSPS) is 11.3. The molecule has 0 fully saturated rings. The average molecular weight is 533 g/mol. The molecule has 0 bridgehead atoms. The summed E-state index contributed by atoms with van der Waals surface area (Å²) in [6.45, 7) is 0. The van der Waals surface area contributed by atoms with Crippen LogP contribution in [0.15, 0.2) is 170 Å². The van der Waals surface area contributed by atoms with Gasteiger partial charge in [-0.15, -0.1) is 0 Å². The molecule has 0 spiro atoms. The van der Waals surface area contributed by atoms with E-state index in [-0.39, 0.29) is 0 Å². The second kappa shape index (κ2) is 10.2. The van der Waals surface area contributed by atoms with Gasteiger partial charge in [0, 0.05) is 0 Å². The molecule has 0 saturated carbocycles. The summed E-state index contributed by atoms with van der Waals surface area (Å²) in [4.78, 5) is 0. The van der Waals surface area contributed by atoms with Crippen molar-refractivity contribution in [3.63, 3.8) is 0 Å². The zero-order valence-corrected chi connectivity index (χ0v) is 23.2. The Morgan fingerprint density at radius 3 is 1.40 bits per heavy atom. The highest BCUT2D eigenvalue weighted by Gasteiger charge is 2.18. The van der Waals surface area contributed by atoms with Crippen molar-refractivity contribution in [2.24, 2.45) is 0 Å². The first-order valence-electron chi connectivity index (χ1n) is 14.5. The average Bonchev–Trinajstić information content (AvgIpc) is 3.07. The number of fused-ring (bicyclic) bond motifs is 3. The fraction of sp³-hybridized carbons (Fsp3) is 0. The van der Waals surface area contributed by atoms with E-state index < -0.39 is 0 Å². The molecular formula is C42H28. The largest absolute Gasteiger partial charge is 0.0622 e. The Kier molecular flexibility index (Phi) is 5.90. The number of hydrogen-bond donors (Lipinski definition) is 0. The van der Waals surface area contributed by atoms with E-state index in [0.29, 0.717) is 0 Å². The predicted molar refractivity (Wildman–Crippen MR) is 181 cm³/mol. The molecule has 0 unspecified atom stereocenters. The maximum Gasteiger partial charge on any atom is -0.00259 e. The van der Waals surface area contributed by atoms with E-state index in [4.69, 9.17) is 0 Å². The van der Waals surface area contributed by atoms with Crippen molar-refractivity contribution in [2.45, 2.75) is 0 Å². The zero-order chi connectivity index (χ0) is 27.9. The van der Waals surface area contributed by atoms with Crippen molar-refractivity contribution in [3.8, 4) is 44.5 Å². The van der Waals surface area contributed by atoms with E-state index in [2.05, 4.69) is 170 Å². The fourth-order valence-corrected chi connectivity index (χ4v) is 6.44. The van der Waals surface area contributed by atoms with Gasteiger partial charge in [-0.1, -0.05) is 152 Å². The van der Waals surface area contributed by atoms with Crippen LogP contribution < -0.4 is 0 Å². The van der Waals surface area contributed by atoms with Crippen LogP contribution >= 0.6 is 0 Å². The fourth-order valence-electron chi connectivity index (χ4n) is 6.44. The standard InChI is InChI=1S/C42H28/c1-3-12-29(13-4-1)33-18-11-19-35(26-33)42-38-21-10-9-20-37(38)41(36-23-22-31-16-7-8-17-32(31)27-36)39-25-24-34(28-40(39)42)30-14-5-2-6-15-30/h1-28H. The predicted octanol–water partition coefficient (Wildman–Crippen LogP) is 11.8. The van der Waals surface area contributed by atoms with Gasteiger partial charge in [-0.2, -0.15) is 0 Å². The second-order valence-corrected chi connectivity index (χ2v) is 10.9. The third-order valence-corrected chi connectivity index (χ3v) is 8.43. The van der Waals surface area contributed by atoms with Crippen molar-refractivity contribution in [2.75, 3.05) is 0 Å². The van der Waals surface area contributed by atoms with E-state index >= 15 is 0 Å². The van der Waals surface area contributed by atoms with Crippen LogP contribution in [0.4, 0.5) is 0 Å². The lowest BCUT2D eigenvalue weighted by Crippen LogP contribution is -1.92. The van der Waals surface area contributed by atoms with Crippen LogP contribution in [-0.4, -0.2) is 0 Å². The molecule has 0 aliphatic carbocycles. The molecule has 0 heterocycles. The van der Waals surface area contributed by atoms with Gasteiger partial charge in [0.05, 0.1) is 0 Å². The van der Waals surface area contributed by atoms with Crippen LogP contribution in [-0.2, 0) is 0 Å². The van der Waals surface area contributed by atoms with Crippen LogP contribution in [0.25, 0.3) is 76.8 Å². The zero-order valence-electron chi connectivity index (χ0n) is 23.2. The summed E-state index contributed by atoms with van der Waals surface area (Å²) in [5, 5.41) is 7.59. The summed E-state index contributed by atoms with van der Waals surface area (Å²) in [5.41, 5.74) is 9.94. The quantitative estimate of drug-likeness (QED) is 0.198. The maximum atomic E-state index is 2.40. The number of rotatable bonds is 4. The highest BCUT2D eigenvalue weighted by atomic mass is 14.2. The minimum Gasteiger partial charge on any atom is -0.0622 e. The molecule has 8 aromatic rings. The van der Waals surface area contributed by atoms with E-state index in [9.17, 15) is 0 Å². The molecule has 0 aliphatic rings. The Labute approximate surface area is 246 Å². The Hall–Kier alpha value is -5.46. The highest BCUT2D eigenvalue weighted by Crippen LogP contribution is 2.45. The van der Waals surface area contributed by atoms with Crippen molar-refractivity contribution in [1.29, 1.82) is 0 Å². The van der Waals surface area contributed by atoms with E-state index in [1.165, 1.54) is 76.8 Å². The van der Waals surface area contributed by atoms with Crippen LogP contribution in [0.5, 0.6) is 0 Å². The summed E-state index contributed by atoms with van der Waals surface area (Å²) >= 11 is 0. The molecule has 8 rings (SSSR count). The maximum absolute atomic E-state index is 2.40. The molecule has 0 radical (unpaired) electrons. The topological polar surface area (TPSA) is 0 Å². The Morgan fingerprint density at radius 2 is 0.690 bits per heavy atom. The molecule has 0 atom stereocenters. The van der Waals surface area contributed by atoms with Gasteiger partial charge in [-0.25, -0.2) is 0 Å². The smallest absolute Gasteiger partial charge is 0.00259 e. The van der Waals surface area contributed by atoms with E-state index in [1.807, 2.05) is 0 Å². The van der Waals surface area contributed by atoms with Crippen molar-refractivity contribution < 1.29 is 0 Å². The van der Waals surface area contributed by atoms with Crippen molar-refractivity contribution in [3.05, 3.63) is 170 Å². The summed E-state index contributed by atoms with van der Waals surface area (Å²) in [7, 11) is 0. The van der Waals surface area contributed by atoms with E-state index in [0.717, 1.165) is 0 Å². The van der Waals surface area contributed by atoms with Gasteiger partial charge >= 0.3 is 0 Å². The SMILES string of the molecule is c1ccc(-c2cccc(-c3c4ccccc4c(-c4ccc5ccccc5c4)c4ccc(-c5ccccc5)cc34)c2)cc1. The second-order valence-electron chi connectivity index (χ2n) is 10.9. The molecule has 42 heavy (non-hydrogen) atoms. The van der Waals surface area contributed by atoms with Crippen LogP contribution in [0.3, 0.4) is 0 Å². The number of hydrogen-bond acceptors (Lipinski definition) is 0. The third-order valence-electron chi connectivity index (χ3n) is 8.43. The minimum atomic E-state index is 1.23. The summed E-state index contributed by atoms with van der Waals surface area (Å²) in [5.74, 6) is 0. The van der Waals surface area contributed by atoms with Crippen LogP contribution in [0, 0.1) is 0 Å². The van der Waals surface area contributed by atoms with Gasteiger partial charge in [-0.05, 0) is 95.0 Å². The lowest BCUT2D eigenvalue weighted by Gasteiger charge is -2.19. The van der Waals surface area contributed by atoms with E-state index in [1.54, 1.807) is 0 Å². The van der Waals surface area contributed by atoms with Gasteiger partial charge in [0.25, 0.3) is 0 Å². The van der Waals surface area contributed by atoms with Crippen LogP contribution in [0.1, 0.15) is 0 Å². The Morgan fingerprint density at radius 1 is 0.214 bits per heavy atom. The van der Waals surface area contributed by atoms with Gasteiger partial charge < -0.3 is 0 Å². The lowest BCUT2D eigenvalue weighted by atomic mass is 9.84. The van der Waals surface area contributed by atoms with Crippen molar-refractivity contribution >= 4 is 32.3 Å². The highest BCUT2D eigenvalue weighted by molar-refractivity contribution is 6.22. The molecule has 196 valence electrons. The summed E-state index contributed by atoms with van der Waals surface area (Å²) in [6, 6.07) is 61.8. The molecule has 0 nitrogen and oxygen atoms in total. The van der Waals surface area contributed by atoms with Gasteiger partial charge in [0.2, 0.25) is 0 Å². The monoisotopic (exact) mass is 532 g/mol. The third kappa shape index (κ3) is 4.17. The first kappa shape index (κ1) is 24.3. The number of benzene rings is 8. The minimum absolute atomic E-state index is 1.23. The first-order valence-corrected chi connectivity index (χ1v) is 14.5. The molecule has 0 aromatic heterocycles. The van der Waals surface area contributed by atoms with Crippen molar-refractivity contribution in [1.82, 2.24) is 0 Å². The van der Waals surface area contributed by atoms with Gasteiger partial charge in [0.1, 0.15) is 0 Å². The molecule has 0 N–H and O–H groups in total. The Balaban J connectivity index is 1.48. The van der Waals surface area contributed by atoms with Gasteiger partial charge in [-0.3, -0.25) is 0 Å². The molecule has 0 saturated heterocycles. The molecule has 0 heteroatoms. The molecular weight excluding hydrogens is 504 g/mol. The van der Waals surface area contributed by atoms with Gasteiger partial charge in [0.15, 0.2) is 0 Å². The first-order chi connectivity index (χ1) is 20.8. The molecule has 8 aromatic carbocycles. The Bertz CT molecular complexity index is 2220. The summed E-state index contributed by atoms with van der Waals surface area (Å²) in [6.07, 6.45) is 0.